The zero-order chi connectivity index (χ0) is 22.0. The number of piperidine rings is 1. The highest BCUT2D eigenvalue weighted by atomic mass is 19.1. The molecule has 0 saturated carbocycles. The van der Waals surface area contributed by atoms with Gasteiger partial charge in [-0.1, -0.05) is 0 Å². The summed E-state index contributed by atoms with van der Waals surface area (Å²) >= 11 is 0. The molecule has 1 aromatic carbocycles. The number of halogens is 1. The monoisotopic (exact) mass is 422 g/mol. The molecule has 9 nitrogen and oxygen atoms in total. The quantitative estimate of drug-likeness (QED) is 0.629. The van der Waals surface area contributed by atoms with Crippen LogP contribution in [0.2, 0.25) is 0 Å². The number of benzene rings is 1. The number of nitrogens with two attached hydrogens (primary N) is 1. The van der Waals surface area contributed by atoms with Crippen LogP contribution in [0.5, 0.6) is 0 Å². The first-order chi connectivity index (χ1) is 14.9. The zero-order valence-electron chi connectivity index (χ0n) is 17.1. The third-order valence-corrected chi connectivity index (χ3v) is 5.58. The summed E-state index contributed by atoms with van der Waals surface area (Å²) < 4.78 is 16.7. The predicted octanol–water partition coefficient (Wildman–Crippen LogP) is 2.18. The fourth-order valence-electron chi connectivity index (χ4n) is 3.88. The average Bonchev–Trinajstić information content (AvgIpc) is 3.36. The van der Waals surface area contributed by atoms with Gasteiger partial charge < -0.3 is 11.1 Å². The number of anilines is 2. The maximum atomic E-state index is 13.2. The molecule has 0 aliphatic carbocycles. The Hall–Kier alpha value is -3.71. The molecule has 2 atom stereocenters. The molecule has 1 aliphatic heterocycles. The summed E-state index contributed by atoms with van der Waals surface area (Å²) in [5.41, 5.74) is 7.42. The lowest BCUT2D eigenvalue weighted by Gasteiger charge is -2.35. The lowest BCUT2D eigenvalue weighted by Crippen LogP contribution is -2.41. The topological polar surface area (TPSA) is 118 Å². The second-order valence-electron chi connectivity index (χ2n) is 7.64. The maximum Gasteiger partial charge on any atom is 0.254 e. The third kappa shape index (κ3) is 4.41. The Bertz CT molecular complexity index is 1110. The van der Waals surface area contributed by atoms with Gasteiger partial charge in [0.1, 0.15) is 11.4 Å². The summed E-state index contributed by atoms with van der Waals surface area (Å²) in [5.74, 6) is -1.01. The number of nitrogens with zero attached hydrogens (tertiary/aromatic N) is 6. The van der Waals surface area contributed by atoms with Gasteiger partial charge in [-0.3, -0.25) is 19.1 Å². The Morgan fingerprint density at radius 3 is 2.77 bits per heavy atom. The number of aryl methyl sites for hydroxylation is 1. The standard InChI is InChI=1S/C21H23FN8O/c1-28-17(6-8-25-28)12-29-9-7-19(14(10-23)11-29)30-13-18(20(24)31)21(27-30)26-16-4-2-15(22)3-5-16/h2-6,8,13-14,19H,7,9,11-12H2,1H3,(H2,24,31)(H,26,27)/t14-,19-/m0/s1. The molecule has 2 aromatic heterocycles. The van der Waals surface area contributed by atoms with Gasteiger partial charge in [0.05, 0.1) is 23.7 Å². The lowest BCUT2D eigenvalue weighted by atomic mass is 9.93. The molecule has 1 aliphatic rings. The highest BCUT2D eigenvalue weighted by Crippen LogP contribution is 2.30. The van der Waals surface area contributed by atoms with Gasteiger partial charge in [-0.25, -0.2) is 4.39 Å². The van der Waals surface area contributed by atoms with Crippen LogP contribution in [0, 0.1) is 23.1 Å². The van der Waals surface area contributed by atoms with Crippen molar-refractivity contribution in [1.29, 1.82) is 5.26 Å². The molecular weight excluding hydrogens is 399 g/mol. The molecule has 3 heterocycles. The van der Waals surface area contributed by atoms with Crippen LogP contribution in [0.3, 0.4) is 0 Å². The number of primary amides is 1. The number of amides is 1. The first kappa shape index (κ1) is 20.6. The SMILES string of the molecule is Cn1nccc1CN1CC[C@H](n2cc(C(N)=O)c(Nc3ccc(F)cc3)n2)[C@@H](C#N)C1. The third-order valence-electron chi connectivity index (χ3n) is 5.58. The van der Waals surface area contributed by atoms with E-state index in [1.54, 1.807) is 29.2 Å². The summed E-state index contributed by atoms with van der Waals surface area (Å²) in [5, 5.41) is 21.5. The van der Waals surface area contributed by atoms with Gasteiger partial charge in [-0.15, -0.1) is 0 Å². The number of hydrogen-bond donors (Lipinski definition) is 2. The zero-order valence-corrected chi connectivity index (χ0v) is 17.1. The molecular formula is C21H23FN8O. The van der Waals surface area contributed by atoms with Crippen molar-refractivity contribution in [2.75, 3.05) is 18.4 Å². The van der Waals surface area contributed by atoms with Gasteiger partial charge in [-0.2, -0.15) is 15.5 Å². The van der Waals surface area contributed by atoms with Gasteiger partial charge >= 0.3 is 0 Å². The molecule has 0 radical (unpaired) electrons. The summed E-state index contributed by atoms with van der Waals surface area (Å²) in [6.45, 7) is 2.07. The minimum absolute atomic E-state index is 0.186. The van der Waals surface area contributed by atoms with Crippen molar-refractivity contribution in [2.45, 2.75) is 19.0 Å². The Balaban J connectivity index is 1.53. The van der Waals surface area contributed by atoms with Crippen LogP contribution < -0.4 is 11.1 Å². The number of carbonyl (C=O) groups is 1. The average molecular weight is 422 g/mol. The summed E-state index contributed by atoms with van der Waals surface area (Å²) in [6, 6.07) is 9.89. The normalized spacial score (nSPS) is 19.1. The number of carbonyl (C=O) groups excluding carboxylic acids is 1. The van der Waals surface area contributed by atoms with Crippen molar-refractivity contribution in [3.8, 4) is 6.07 Å². The molecule has 160 valence electrons. The molecule has 1 amide bonds. The number of nitrogens with one attached hydrogen (secondary N) is 1. The molecule has 4 rings (SSSR count). The van der Waals surface area contributed by atoms with Gasteiger partial charge in [-0.05, 0) is 36.8 Å². The maximum absolute atomic E-state index is 13.2. The minimum Gasteiger partial charge on any atom is -0.365 e. The molecule has 0 unspecified atom stereocenters. The molecule has 0 bridgehead atoms. The minimum atomic E-state index is -0.627. The van der Waals surface area contributed by atoms with Gasteiger partial charge in [0.2, 0.25) is 0 Å². The first-order valence-electron chi connectivity index (χ1n) is 9.95. The van der Waals surface area contributed by atoms with Crippen LogP contribution in [-0.2, 0) is 13.6 Å². The van der Waals surface area contributed by atoms with E-state index in [1.807, 2.05) is 17.8 Å². The molecule has 1 fully saturated rings. The van der Waals surface area contributed by atoms with E-state index < -0.39 is 5.91 Å². The van der Waals surface area contributed by atoms with Crippen molar-refractivity contribution in [2.24, 2.45) is 18.7 Å². The van der Waals surface area contributed by atoms with E-state index in [4.69, 9.17) is 5.73 Å². The van der Waals surface area contributed by atoms with Crippen molar-refractivity contribution in [1.82, 2.24) is 24.5 Å². The van der Waals surface area contributed by atoms with Crippen LogP contribution in [0.1, 0.15) is 28.5 Å². The molecule has 3 N–H and O–H groups in total. The van der Waals surface area contributed by atoms with E-state index in [-0.39, 0.29) is 29.2 Å². The van der Waals surface area contributed by atoms with E-state index in [2.05, 4.69) is 26.5 Å². The van der Waals surface area contributed by atoms with Crippen LogP contribution in [-0.4, -0.2) is 43.5 Å². The molecule has 31 heavy (non-hydrogen) atoms. The fraction of sp³-hybridized carbons (Fsp3) is 0.333. The number of rotatable bonds is 6. The second-order valence-corrected chi connectivity index (χ2v) is 7.64. The first-order valence-corrected chi connectivity index (χ1v) is 9.95. The lowest BCUT2D eigenvalue weighted by molar-refractivity contribution is 0.100. The Labute approximate surface area is 178 Å². The van der Waals surface area contributed by atoms with Crippen LogP contribution >= 0.6 is 0 Å². The number of hydrogen-bond acceptors (Lipinski definition) is 6. The largest absolute Gasteiger partial charge is 0.365 e. The molecule has 1 saturated heterocycles. The van der Waals surface area contributed by atoms with Crippen molar-refractivity contribution in [3.63, 3.8) is 0 Å². The molecule has 10 heteroatoms. The van der Waals surface area contributed by atoms with Crippen LogP contribution in [0.4, 0.5) is 15.9 Å². The van der Waals surface area contributed by atoms with E-state index in [0.29, 0.717) is 25.2 Å². The van der Waals surface area contributed by atoms with Crippen LogP contribution in [0.15, 0.2) is 42.7 Å². The predicted molar refractivity (Wildman–Crippen MR) is 112 cm³/mol. The fourth-order valence-corrected chi connectivity index (χ4v) is 3.88. The Morgan fingerprint density at radius 2 is 2.13 bits per heavy atom. The number of nitriles is 1. The summed E-state index contributed by atoms with van der Waals surface area (Å²) in [4.78, 5) is 14.2. The highest BCUT2D eigenvalue weighted by molar-refractivity contribution is 5.98. The number of aromatic nitrogens is 4. The highest BCUT2D eigenvalue weighted by Gasteiger charge is 2.32. The smallest absolute Gasteiger partial charge is 0.254 e. The second kappa shape index (κ2) is 8.57. The summed E-state index contributed by atoms with van der Waals surface area (Å²) in [6.07, 6.45) is 4.04. The van der Waals surface area contributed by atoms with Crippen LogP contribution in [0.25, 0.3) is 0 Å². The van der Waals surface area contributed by atoms with E-state index in [9.17, 15) is 14.4 Å². The van der Waals surface area contributed by atoms with Crippen molar-refractivity contribution in [3.05, 3.63) is 59.8 Å². The van der Waals surface area contributed by atoms with Gasteiger partial charge in [0, 0.05) is 44.8 Å². The molecule has 0 spiro atoms. The van der Waals surface area contributed by atoms with Gasteiger partial charge in [0.25, 0.3) is 5.91 Å². The van der Waals surface area contributed by atoms with E-state index in [1.165, 1.54) is 12.1 Å². The van der Waals surface area contributed by atoms with E-state index >= 15 is 0 Å². The summed E-state index contributed by atoms with van der Waals surface area (Å²) in [7, 11) is 1.90. The number of likely N-dealkylation sites (tertiary alicyclic amines) is 1. The Kier molecular flexibility index (Phi) is 5.68. The van der Waals surface area contributed by atoms with Crippen molar-refractivity contribution >= 4 is 17.4 Å². The van der Waals surface area contributed by atoms with Crippen molar-refractivity contribution < 1.29 is 9.18 Å². The molecule has 3 aromatic rings. The van der Waals surface area contributed by atoms with Gasteiger partial charge in [0.15, 0.2) is 5.82 Å². The van der Waals surface area contributed by atoms with E-state index in [0.717, 1.165) is 12.2 Å². The Morgan fingerprint density at radius 1 is 1.35 bits per heavy atom.